The van der Waals surface area contributed by atoms with Crippen molar-refractivity contribution in [3.8, 4) is 11.3 Å². The van der Waals surface area contributed by atoms with Gasteiger partial charge < -0.3 is 14.8 Å². The van der Waals surface area contributed by atoms with E-state index in [1.807, 2.05) is 18.2 Å². The number of pyridine rings is 1. The Morgan fingerprint density at radius 1 is 1.09 bits per heavy atom. The maximum absolute atomic E-state index is 11.6. The third kappa shape index (κ3) is 3.64. The van der Waals surface area contributed by atoms with Crippen LogP contribution in [0.1, 0.15) is 0 Å². The third-order valence-corrected chi connectivity index (χ3v) is 4.18. The Bertz CT molecular complexity index is 694. The second-order valence-corrected chi connectivity index (χ2v) is 5.80. The quantitative estimate of drug-likeness (QED) is 0.914. The monoisotopic (exact) mass is 339 g/mol. The van der Waals surface area contributed by atoms with Gasteiger partial charge in [0.05, 0.1) is 0 Å². The predicted octanol–water partition coefficient (Wildman–Crippen LogP) is 2.87. The topological polar surface area (TPSA) is 39.3 Å². The molecule has 0 aliphatic carbocycles. The average Bonchev–Trinajstić information content (AvgIpc) is 2.51. The van der Waals surface area contributed by atoms with Crippen LogP contribution in [-0.4, -0.2) is 43.1 Å². The molecule has 6 heteroatoms. The molecule has 2 aromatic rings. The minimum atomic E-state index is -0.251. The van der Waals surface area contributed by atoms with Gasteiger partial charge in [-0.1, -0.05) is 23.7 Å². The number of anilines is 1. The highest BCUT2D eigenvalue weighted by Crippen LogP contribution is 2.24. The first-order chi connectivity index (χ1) is 10.1. The lowest BCUT2D eigenvalue weighted by molar-refractivity contribution is 0.313. The lowest BCUT2D eigenvalue weighted by Gasteiger charge is -2.34. The van der Waals surface area contributed by atoms with Gasteiger partial charge in [-0.3, -0.25) is 4.79 Å². The van der Waals surface area contributed by atoms with Gasteiger partial charge in [-0.2, -0.15) is 0 Å². The zero-order valence-corrected chi connectivity index (χ0v) is 14.0. The van der Waals surface area contributed by atoms with Crippen LogP contribution >= 0.6 is 24.0 Å². The summed E-state index contributed by atoms with van der Waals surface area (Å²) in [5, 5.41) is 0.217. The minimum Gasteiger partial charge on any atom is -0.369 e. The molecule has 2 heterocycles. The van der Waals surface area contributed by atoms with Crippen molar-refractivity contribution in [2.75, 3.05) is 38.1 Å². The number of rotatable bonds is 2. The number of benzene rings is 1. The molecule has 1 aliphatic heterocycles. The zero-order valence-electron chi connectivity index (χ0n) is 12.4. The van der Waals surface area contributed by atoms with Gasteiger partial charge in [-0.25, -0.2) is 0 Å². The van der Waals surface area contributed by atoms with E-state index >= 15 is 0 Å². The van der Waals surface area contributed by atoms with Gasteiger partial charge in [0.15, 0.2) is 0 Å². The molecule has 1 aromatic heterocycles. The molecule has 1 aromatic carbocycles. The van der Waals surface area contributed by atoms with Gasteiger partial charge >= 0.3 is 0 Å². The minimum absolute atomic E-state index is 0. The summed E-state index contributed by atoms with van der Waals surface area (Å²) in [6.45, 7) is 4.19. The summed E-state index contributed by atoms with van der Waals surface area (Å²) in [6, 6.07) is 11.7. The van der Waals surface area contributed by atoms with E-state index in [0.717, 1.165) is 37.4 Å². The lowest BCUT2D eigenvalue weighted by Crippen LogP contribution is -2.44. The number of likely N-dealkylation sites (N-methyl/N-ethyl adjacent to an activating group) is 1. The number of hydrogen-bond donors (Lipinski definition) is 1. The molecule has 1 saturated heterocycles. The van der Waals surface area contributed by atoms with Crippen molar-refractivity contribution in [1.29, 1.82) is 0 Å². The first-order valence-electron chi connectivity index (χ1n) is 7.06. The van der Waals surface area contributed by atoms with E-state index in [1.165, 1.54) is 5.69 Å². The van der Waals surface area contributed by atoms with Gasteiger partial charge in [0.2, 0.25) is 0 Å². The molecule has 3 rings (SSSR count). The van der Waals surface area contributed by atoms with Gasteiger partial charge in [-0.15, -0.1) is 12.4 Å². The van der Waals surface area contributed by atoms with E-state index in [1.54, 1.807) is 6.07 Å². The summed E-state index contributed by atoms with van der Waals surface area (Å²) in [6.07, 6.45) is 0. The van der Waals surface area contributed by atoms with Crippen molar-refractivity contribution in [2.24, 2.45) is 0 Å². The number of hydrogen-bond acceptors (Lipinski definition) is 3. The first-order valence-corrected chi connectivity index (χ1v) is 7.44. The molecule has 1 N–H and O–H groups in total. The van der Waals surface area contributed by atoms with Crippen LogP contribution in [0.3, 0.4) is 0 Å². The molecular weight excluding hydrogens is 321 g/mol. The van der Waals surface area contributed by atoms with Crippen LogP contribution in [0, 0.1) is 0 Å². The van der Waals surface area contributed by atoms with Crippen LogP contribution in [0.5, 0.6) is 0 Å². The van der Waals surface area contributed by atoms with E-state index in [0.29, 0.717) is 0 Å². The van der Waals surface area contributed by atoms with Crippen molar-refractivity contribution in [3.63, 3.8) is 0 Å². The van der Waals surface area contributed by atoms with Crippen molar-refractivity contribution in [1.82, 2.24) is 9.88 Å². The molecular formula is C16H19Cl2N3O. The summed E-state index contributed by atoms with van der Waals surface area (Å²) in [5.41, 5.74) is 2.73. The Labute approximate surface area is 141 Å². The largest absolute Gasteiger partial charge is 0.369 e. The van der Waals surface area contributed by atoms with Gasteiger partial charge in [0, 0.05) is 43.1 Å². The van der Waals surface area contributed by atoms with Crippen LogP contribution in [-0.2, 0) is 0 Å². The number of aromatic nitrogens is 1. The summed E-state index contributed by atoms with van der Waals surface area (Å²) >= 11 is 5.78. The van der Waals surface area contributed by atoms with Crippen molar-refractivity contribution in [2.45, 2.75) is 0 Å². The van der Waals surface area contributed by atoms with Crippen molar-refractivity contribution >= 4 is 29.7 Å². The predicted molar refractivity (Wildman–Crippen MR) is 94.5 cm³/mol. The van der Waals surface area contributed by atoms with Gasteiger partial charge in [0.1, 0.15) is 5.02 Å². The molecule has 1 aliphatic rings. The van der Waals surface area contributed by atoms with Crippen LogP contribution in [0.4, 0.5) is 5.69 Å². The molecule has 0 radical (unpaired) electrons. The summed E-state index contributed by atoms with van der Waals surface area (Å²) in [5.74, 6) is 0. The van der Waals surface area contributed by atoms with Gasteiger partial charge in [-0.05, 0) is 31.3 Å². The van der Waals surface area contributed by atoms with E-state index in [9.17, 15) is 4.79 Å². The first kappa shape index (κ1) is 16.9. The molecule has 0 saturated carbocycles. The fraction of sp³-hybridized carbons (Fsp3) is 0.312. The summed E-state index contributed by atoms with van der Waals surface area (Å²) in [7, 11) is 2.15. The van der Waals surface area contributed by atoms with Crippen LogP contribution in [0.15, 0.2) is 41.2 Å². The Morgan fingerprint density at radius 3 is 2.50 bits per heavy atom. The fourth-order valence-corrected chi connectivity index (χ4v) is 2.67. The molecule has 1 fully saturated rings. The molecule has 0 spiro atoms. The highest BCUT2D eigenvalue weighted by molar-refractivity contribution is 6.30. The second-order valence-electron chi connectivity index (χ2n) is 5.39. The Morgan fingerprint density at radius 2 is 1.82 bits per heavy atom. The van der Waals surface area contributed by atoms with E-state index in [-0.39, 0.29) is 23.0 Å². The third-order valence-electron chi connectivity index (χ3n) is 3.89. The van der Waals surface area contributed by atoms with E-state index in [2.05, 4.69) is 34.0 Å². The Balaban J connectivity index is 0.00000176. The van der Waals surface area contributed by atoms with Gasteiger partial charge in [0.25, 0.3) is 5.56 Å². The average molecular weight is 340 g/mol. The number of H-pyrrole nitrogens is 1. The molecule has 0 unspecified atom stereocenters. The fourth-order valence-electron chi connectivity index (χ4n) is 2.56. The Hall–Kier alpha value is -1.49. The Kier molecular flexibility index (Phi) is 5.51. The zero-order chi connectivity index (χ0) is 14.8. The highest BCUT2D eigenvalue weighted by atomic mass is 35.5. The van der Waals surface area contributed by atoms with E-state index in [4.69, 9.17) is 11.6 Å². The molecule has 0 bridgehead atoms. The highest BCUT2D eigenvalue weighted by Gasteiger charge is 2.14. The molecule has 22 heavy (non-hydrogen) atoms. The second kappa shape index (κ2) is 7.18. The number of nitrogens with zero attached hydrogens (tertiary/aromatic N) is 2. The number of piperazine rings is 1. The van der Waals surface area contributed by atoms with E-state index < -0.39 is 0 Å². The maximum Gasteiger partial charge on any atom is 0.267 e. The molecule has 0 atom stereocenters. The smallest absolute Gasteiger partial charge is 0.267 e. The van der Waals surface area contributed by atoms with Crippen LogP contribution < -0.4 is 10.5 Å². The lowest BCUT2D eigenvalue weighted by atomic mass is 10.1. The summed E-state index contributed by atoms with van der Waals surface area (Å²) in [4.78, 5) is 19.2. The van der Waals surface area contributed by atoms with Crippen LogP contribution in [0.25, 0.3) is 11.3 Å². The number of aromatic amines is 1. The SMILES string of the molecule is CN1CCN(c2cccc(-c3ccc(Cl)c(=O)[nH]3)c2)CC1.Cl. The number of halogens is 2. The molecule has 4 nitrogen and oxygen atoms in total. The number of nitrogens with one attached hydrogen (secondary N) is 1. The normalized spacial score (nSPS) is 15.5. The molecule has 118 valence electrons. The maximum atomic E-state index is 11.6. The van der Waals surface area contributed by atoms with Crippen LogP contribution in [0.2, 0.25) is 5.02 Å². The van der Waals surface area contributed by atoms with Crippen molar-refractivity contribution in [3.05, 3.63) is 51.8 Å². The molecule has 0 amide bonds. The summed E-state index contributed by atoms with van der Waals surface area (Å²) < 4.78 is 0. The standard InChI is InChI=1S/C16H18ClN3O.ClH/c1-19-7-9-20(10-8-19)13-4-2-3-12(11-13)15-6-5-14(17)16(21)18-15;/h2-6,11H,7-10H2,1H3,(H,18,21);1H. The van der Waals surface area contributed by atoms with Crippen molar-refractivity contribution < 1.29 is 0 Å².